The van der Waals surface area contributed by atoms with Crippen molar-refractivity contribution in [2.45, 2.75) is 0 Å². The molecule has 2 heterocycles. The number of anilines is 1. The zero-order valence-electron chi connectivity index (χ0n) is 10.2. The molecule has 0 unspecified atom stereocenters. The number of nitrogens with zero attached hydrogens (tertiary/aromatic N) is 3. The molecular formula is C13H11ClN4O. The topological polar surface area (TPSA) is 66.0 Å². The molecule has 0 amide bonds. The van der Waals surface area contributed by atoms with Crippen LogP contribution in [0.2, 0.25) is 5.02 Å². The SMILES string of the molecule is COc1cc(-n2c(N)nc3cnccc32)ccc1Cl. The standard InChI is InChI=1S/C13H11ClN4O/c1-19-12-6-8(2-3-9(12)14)18-11-4-5-16-7-10(11)17-13(18)15/h2-7H,1H3,(H2,15,17). The van der Waals surface area contributed by atoms with E-state index < -0.39 is 0 Å². The van der Waals surface area contributed by atoms with Crippen molar-refractivity contribution in [3.05, 3.63) is 41.7 Å². The Labute approximate surface area is 114 Å². The predicted octanol–water partition coefficient (Wildman–Crippen LogP) is 2.66. The van der Waals surface area contributed by atoms with Crippen LogP contribution in [0.1, 0.15) is 0 Å². The second-order valence-corrected chi connectivity index (χ2v) is 4.40. The molecule has 0 aliphatic carbocycles. The zero-order valence-corrected chi connectivity index (χ0v) is 10.9. The van der Waals surface area contributed by atoms with Crippen molar-refractivity contribution in [3.63, 3.8) is 0 Å². The molecule has 0 saturated carbocycles. The first kappa shape index (κ1) is 11.8. The summed E-state index contributed by atoms with van der Waals surface area (Å²) in [5.74, 6) is 0.988. The summed E-state index contributed by atoms with van der Waals surface area (Å²) in [6, 6.07) is 7.31. The summed E-state index contributed by atoms with van der Waals surface area (Å²) >= 11 is 6.02. The van der Waals surface area contributed by atoms with Gasteiger partial charge >= 0.3 is 0 Å². The van der Waals surface area contributed by atoms with E-state index in [1.54, 1.807) is 25.6 Å². The molecule has 1 aromatic carbocycles. The van der Waals surface area contributed by atoms with E-state index in [1.165, 1.54) is 0 Å². The maximum atomic E-state index is 6.02. The first-order chi connectivity index (χ1) is 9.20. The van der Waals surface area contributed by atoms with Gasteiger partial charge in [0.2, 0.25) is 5.95 Å². The summed E-state index contributed by atoms with van der Waals surface area (Å²) in [6.45, 7) is 0. The highest BCUT2D eigenvalue weighted by molar-refractivity contribution is 6.32. The lowest BCUT2D eigenvalue weighted by molar-refractivity contribution is 0.415. The van der Waals surface area contributed by atoms with E-state index in [0.29, 0.717) is 16.7 Å². The lowest BCUT2D eigenvalue weighted by Gasteiger charge is -2.09. The number of ether oxygens (including phenoxy) is 1. The van der Waals surface area contributed by atoms with Crippen LogP contribution < -0.4 is 10.5 Å². The van der Waals surface area contributed by atoms with Crippen molar-refractivity contribution in [2.75, 3.05) is 12.8 Å². The molecule has 0 radical (unpaired) electrons. The third-order valence-corrected chi connectivity index (χ3v) is 3.19. The van der Waals surface area contributed by atoms with Crippen molar-refractivity contribution >= 4 is 28.6 Å². The minimum atomic E-state index is 0.396. The fraction of sp³-hybridized carbons (Fsp3) is 0.0769. The van der Waals surface area contributed by atoms with Gasteiger partial charge in [-0.1, -0.05) is 11.6 Å². The van der Waals surface area contributed by atoms with E-state index in [1.807, 2.05) is 22.8 Å². The fourth-order valence-corrected chi connectivity index (χ4v) is 2.20. The summed E-state index contributed by atoms with van der Waals surface area (Å²) in [5, 5.41) is 0.552. The lowest BCUT2D eigenvalue weighted by atomic mass is 10.3. The Balaban J connectivity index is 2.27. The number of pyridine rings is 1. The average Bonchev–Trinajstić information content (AvgIpc) is 2.75. The largest absolute Gasteiger partial charge is 0.495 e. The molecule has 2 N–H and O–H groups in total. The van der Waals surface area contributed by atoms with Crippen LogP contribution in [0.3, 0.4) is 0 Å². The molecule has 0 aliphatic heterocycles. The van der Waals surface area contributed by atoms with Gasteiger partial charge in [0.25, 0.3) is 0 Å². The normalized spacial score (nSPS) is 10.8. The number of hydrogen-bond acceptors (Lipinski definition) is 4. The van der Waals surface area contributed by atoms with Crippen molar-refractivity contribution < 1.29 is 4.74 Å². The van der Waals surface area contributed by atoms with Gasteiger partial charge in [-0.2, -0.15) is 0 Å². The Morgan fingerprint density at radius 1 is 1.32 bits per heavy atom. The minimum Gasteiger partial charge on any atom is -0.495 e. The number of methoxy groups -OCH3 is 1. The van der Waals surface area contributed by atoms with E-state index in [9.17, 15) is 0 Å². The van der Waals surface area contributed by atoms with Gasteiger partial charge in [0.15, 0.2) is 0 Å². The highest BCUT2D eigenvalue weighted by Crippen LogP contribution is 2.29. The summed E-state index contributed by atoms with van der Waals surface area (Å²) in [4.78, 5) is 8.30. The maximum absolute atomic E-state index is 6.02. The van der Waals surface area contributed by atoms with Crippen LogP contribution in [0, 0.1) is 0 Å². The fourth-order valence-electron chi connectivity index (χ4n) is 2.01. The minimum absolute atomic E-state index is 0.396. The van der Waals surface area contributed by atoms with Crippen LogP contribution in [0.15, 0.2) is 36.7 Å². The van der Waals surface area contributed by atoms with Crippen LogP contribution in [-0.2, 0) is 0 Å². The smallest absolute Gasteiger partial charge is 0.205 e. The van der Waals surface area contributed by atoms with Crippen molar-refractivity contribution in [2.24, 2.45) is 0 Å². The number of rotatable bonds is 2. The average molecular weight is 275 g/mol. The number of benzene rings is 1. The molecule has 0 aliphatic rings. The van der Waals surface area contributed by atoms with E-state index in [4.69, 9.17) is 22.1 Å². The van der Waals surface area contributed by atoms with Gasteiger partial charge in [-0.25, -0.2) is 4.98 Å². The van der Waals surface area contributed by atoms with E-state index in [-0.39, 0.29) is 0 Å². The zero-order chi connectivity index (χ0) is 13.4. The molecule has 0 spiro atoms. The van der Waals surface area contributed by atoms with Crippen molar-refractivity contribution in [3.8, 4) is 11.4 Å². The summed E-state index contributed by atoms with van der Waals surface area (Å²) < 4.78 is 7.05. The van der Waals surface area contributed by atoms with Crippen molar-refractivity contribution in [1.29, 1.82) is 0 Å². The summed E-state index contributed by atoms with van der Waals surface area (Å²) in [5.41, 5.74) is 8.44. The number of fused-ring (bicyclic) bond motifs is 1. The molecule has 0 fully saturated rings. The highest BCUT2D eigenvalue weighted by atomic mass is 35.5. The van der Waals surface area contributed by atoms with Crippen LogP contribution in [0.5, 0.6) is 5.75 Å². The van der Waals surface area contributed by atoms with E-state index in [0.717, 1.165) is 16.7 Å². The lowest BCUT2D eigenvalue weighted by Crippen LogP contribution is -2.01. The predicted molar refractivity (Wildman–Crippen MR) is 74.8 cm³/mol. The first-order valence-electron chi connectivity index (χ1n) is 5.62. The molecule has 0 atom stereocenters. The monoisotopic (exact) mass is 274 g/mol. The number of nitrogens with two attached hydrogens (primary N) is 1. The second kappa shape index (κ2) is 4.44. The molecule has 19 heavy (non-hydrogen) atoms. The highest BCUT2D eigenvalue weighted by Gasteiger charge is 2.11. The van der Waals surface area contributed by atoms with Gasteiger partial charge < -0.3 is 10.5 Å². The van der Waals surface area contributed by atoms with Crippen LogP contribution in [0.4, 0.5) is 5.95 Å². The third-order valence-electron chi connectivity index (χ3n) is 2.88. The number of aromatic nitrogens is 3. The Hall–Kier alpha value is -2.27. The molecule has 0 saturated heterocycles. The number of nitrogen functional groups attached to an aromatic ring is 1. The Bertz CT molecular complexity index is 753. The molecule has 5 nitrogen and oxygen atoms in total. The molecule has 6 heteroatoms. The van der Waals surface area contributed by atoms with Crippen LogP contribution >= 0.6 is 11.6 Å². The van der Waals surface area contributed by atoms with Crippen LogP contribution in [0.25, 0.3) is 16.7 Å². The molecular weight excluding hydrogens is 264 g/mol. The van der Waals surface area contributed by atoms with Gasteiger partial charge in [-0.15, -0.1) is 0 Å². The third kappa shape index (κ3) is 1.88. The molecule has 2 aromatic heterocycles. The van der Waals surface area contributed by atoms with Gasteiger partial charge in [0, 0.05) is 12.3 Å². The molecule has 0 bridgehead atoms. The van der Waals surface area contributed by atoms with Crippen LogP contribution in [-0.4, -0.2) is 21.6 Å². The Kier molecular flexibility index (Phi) is 2.76. The quantitative estimate of drug-likeness (QED) is 0.780. The van der Waals surface area contributed by atoms with E-state index >= 15 is 0 Å². The van der Waals surface area contributed by atoms with Gasteiger partial charge in [0.05, 0.1) is 29.5 Å². The van der Waals surface area contributed by atoms with Gasteiger partial charge in [-0.05, 0) is 18.2 Å². The molecule has 3 aromatic rings. The number of hydrogen-bond donors (Lipinski definition) is 1. The van der Waals surface area contributed by atoms with Crippen molar-refractivity contribution in [1.82, 2.24) is 14.5 Å². The Morgan fingerprint density at radius 3 is 2.95 bits per heavy atom. The second-order valence-electron chi connectivity index (χ2n) is 3.99. The molecule has 96 valence electrons. The summed E-state index contributed by atoms with van der Waals surface area (Å²) in [6.07, 6.45) is 3.38. The maximum Gasteiger partial charge on any atom is 0.205 e. The number of halogens is 1. The number of imidazole rings is 1. The first-order valence-corrected chi connectivity index (χ1v) is 6.00. The molecule has 3 rings (SSSR count). The van der Waals surface area contributed by atoms with E-state index in [2.05, 4.69) is 9.97 Å². The van der Waals surface area contributed by atoms with Gasteiger partial charge in [-0.3, -0.25) is 9.55 Å². The summed E-state index contributed by atoms with van der Waals surface area (Å²) in [7, 11) is 1.57. The van der Waals surface area contributed by atoms with Gasteiger partial charge in [0.1, 0.15) is 11.3 Å². The Morgan fingerprint density at radius 2 is 2.16 bits per heavy atom.